The third kappa shape index (κ3) is 4.19. The van der Waals surface area contributed by atoms with Gasteiger partial charge in [0.05, 0.1) is 18.2 Å². The monoisotopic (exact) mass is 276 g/mol. The van der Waals surface area contributed by atoms with Crippen LogP contribution in [0.1, 0.15) is 17.2 Å². The topological polar surface area (TPSA) is 45.0 Å². The lowest BCUT2D eigenvalue weighted by molar-refractivity contribution is -0.138. The number of ether oxygens (including phenoxy) is 1. The number of hydrogen-bond acceptors (Lipinski definition) is 3. The van der Waals surface area contributed by atoms with E-state index < -0.39 is 23.6 Å². The molecule has 0 aliphatic carbocycles. The second-order valence-corrected chi connectivity index (χ2v) is 3.74. The Hall–Kier alpha value is -1.65. The van der Waals surface area contributed by atoms with Crippen LogP contribution >= 0.6 is 0 Å². The summed E-state index contributed by atoms with van der Waals surface area (Å²) in [5, 5.41) is 11.5. The molecular weight excluding hydrogens is 264 g/mol. The van der Waals surface area contributed by atoms with Gasteiger partial charge in [-0.3, -0.25) is 5.32 Å². The van der Waals surface area contributed by atoms with Crippen LogP contribution in [0.15, 0.2) is 18.2 Å². The predicted molar refractivity (Wildman–Crippen MR) is 59.6 cm³/mol. The zero-order valence-corrected chi connectivity index (χ0v) is 10.1. The molecule has 1 rings (SSSR count). The lowest BCUT2D eigenvalue weighted by Crippen LogP contribution is -2.26. The highest BCUT2D eigenvalue weighted by molar-refractivity contribution is 5.35. The first-order valence-corrected chi connectivity index (χ1v) is 5.38. The highest BCUT2D eigenvalue weighted by Crippen LogP contribution is 2.34. The first kappa shape index (κ1) is 15.4. The van der Waals surface area contributed by atoms with Crippen molar-refractivity contribution in [3.63, 3.8) is 0 Å². The Labute approximate surface area is 107 Å². The van der Waals surface area contributed by atoms with Crippen LogP contribution in [0.4, 0.5) is 17.6 Å². The fraction of sp³-hybridized carbons (Fsp3) is 0.417. The van der Waals surface area contributed by atoms with Gasteiger partial charge in [0, 0.05) is 13.7 Å². The molecule has 1 N–H and O–H groups in total. The Morgan fingerprint density at radius 1 is 1.42 bits per heavy atom. The molecule has 3 nitrogen and oxygen atoms in total. The van der Waals surface area contributed by atoms with E-state index in [9.17, 15) is 17.6 Å². The van der Waals surface area contributed by atoms with Gasteiger partial charge in [-0.05, 0) is 17.7 Å². The van der Waals surface area contributed by atoms with E-state index in [-0.39, 0.29) is 18.7 Å². The van der Waals surface area contributed by atoms with Gasteiger partial charge < -0.3 is 4.74 Å². The maximum atomic E-state index is 12.9. The highest BCUT2D eigenvalue weighted by Gasteiger charge is 2.35. The summed E-state index contributed by atoms with van der Waals surface area (Å²) in [7, 11) is 1.43. The molecule has 0 spiro atoms. The average molecular weight is 276 g/mol. The smallest absolute Gasteiger partial charge is 0.383 e. The van der Waals surface area contributed by atoms with Gasteiger partial charge in [0.2, 0.25) is 0 Å². The molecule has 7 heteroatoms. The van der Waals surface area contributed by atoms with Gasteiger partial charge in [0.1, 0.15) is 11.9 Å². The first-order valence-electron chi connectivity index (χ1n) is 5.38. The van der Waals surface area contributed by atoms with Crippen LogP contribution in [0.3, 0.4) is 0 Å². The fourth-order valence-electron chi connectivity index (χ4n) is 1.56. The van der Waals surface area contributed by atoms with Gasteiger partial charge in [-0.25, -0.2) is 4.39 Å². The largest absolute Gasteiger partial charge is 0.416 e. The van der Waals surface area contributed by atoms with Gasteiger partial charge in [-0.2, -0.15) is 18.4 Å². The lowest BCUT2D eigenvalue weighted by Gasteiger charge is -2.17. The van der Waals surface area contributed by atoms with Crippen LogP contribution in [-0.2, 0) is 10.9 Å². The number of nitriles is 1. The average Bonchev–Trinajstić information content (AvgIpc) is 2.34. The SMILES string of the molecule is COCCNC(C#N)c1ccc(F)cc1C(F)(F)F. The van der Waals surface area contributed by atoms with Crippen molar-refractivity contribution >= 4 is 0 Å². The van der Waals surface area contributed by atoms with Crippen LogP contribution in [0, 0.1) is 17.1 Å². The maximum Gasteiger partial charge on any atom is 0.416 e. The lowest BCUT2D eigenvalue weighted by atomic mass is 10.0. The van der Waals surface area contributed by atoms with E-state index in [2.05, 4.69) is 5.32 Å². The van der Waals surface area contributed by atoms with Gasteiger partial charge in [-0.1, -0.05) is 6.07 Å². The molecule has 0 aromatic heterocycles. The van der Waals surface area contributed by atoms with Crippen molar-refractivity contribution in [2.75, 3.05) is 20.3 Å². The van der Waals surface area contributed by atoms with Crippen molar-refractivity contribution in [3.8, 4) is 6.07 Å². The van der Waals surface area contributed by atoms with Crippen LogP contribution in [-0.4, -0.2) is 20.3 Å². The molecule has 1 aromatic rings. The van der Waals surface area contributed by atoms with E-state index in [0.717, 1.165) is 12.1 Å². The molecule has 19 heavy (non-hydrogen) atoms. The van der Waals surface area contributed by atoms with Crippen molar-refractivity contribution in [1.29, 1.82) is 5.26 Å². The first-order chi connectivity index (χ1) is 8.90. The van der Waals surface area contributed by atoms with Crippen LogP contribution in [0.5, 0.6) is 0 Å². The Balaban J connectivity index is 3.07. The summed E-state index contributed by atoms with van der Waals surface area (Å²) in [5.41, 5.74) is -1.45. The molecule has 0 aliphatic rings. The highest BCUT2D eigenvalue weighted by atomic mass is 19.4. The zero-order chi connectivity index (χ0) is 14.5. The van der Waals surface area contributed by atoms with E-state index >= 15 is 0 Å². The number of alkyl halides is 3. The molecule has 1 aromatic carbocycles. The van der Waals surface area contributed by atoms with E-state index in [1.807, 2.05) is 0 Å². The predicted octanol–water partition coefficient (Wildman–Crippen LogP) is 2.65. The second kappa shape index (κ2) is 6.50. The molecule has 1 atom stereocenters. The van der Waals surface area contributed by atoms with Crippen molar-refractivity contribution in [2.24, 2.45) is 0 Å². The Kier molecular flexibility index (Phi) is 5.27. The summed E-state index contributed by atoms with van der Waals surface area (Å²) in [6.07, 6.45) is -4.71. The second-order valence-electron chi connectivity index (χ2n) is 3.74. The molecule has 0 saturated carbocycles. The zero-order valence-electron chi connectivity index (χ0n) is 10.1. The number of nitrogens with zero attached hydrogens (tertiary/aromatic N) is 1. The number of methoxy groups -OCH3 is 1. The number of halogens is 4. The molecule has 0 fully saturated rings. The maximum absolute atomic E-state index is 12.9. The number of rotatable bonds is 5. The molecule has 0 heterocycles. The summed E-state index contributed by atoms with van der Waals surface area (Å²) in [6, 6.07) is 2.79. The third-order valence-corrected chi connectivity index (χ3v) is 2.42. The minimum absolute atomic E-state index is 0.212. The normalized spacial score (nSPS) is 13.1. The Morgan fingerprint density at radius 2 is 2.11 bits per heavy atom. The van der Waals surface area contributed by atoms with Gasteiger partial charge in [0.15, 0.2) is 0 Å². The molecule has 104 valence electrons. The van der Waals surface area contributed by atoms with Crippen molar-refractivity contribution in [3.05, 3.63) is 35.1 Å². The summed E-state index contributed by atoms with van der Waals surface area (Å²) in [5.74, 6) is -0.996. The standard InChI is InChI=1S/C12H12F4N2O/c1-19-5-4-18-11(7-17)9-3-2-8(13)6-10(9)12(14,15)16/h2-3,6,11,18H,4-5H2,1H3. The molecular formula is C12H12F4N2O. The van der Waals surface area contributed by atoms with E-state index in [0.29, 0.717) is 6.07 Å². The molecule has 0 bridgehead atoms. The van der Waals surface area contributed by atoms with Crippen molar-refractivity contribution in [2.45, 2.75) is 12.2 Å². The van der Waals surface area contributed by atoms with E-state index in [1.54, 1.807) is 6.07 Å². The van der Waals surface area contributed by atoms with Crippen molar-refractivity contribution in [1.82, 2.24) is 5.32 Å². The Bertz CT molecular complexity index is 468. The van der Waals surface area contributed by atoms with Crippen molar-refractivity contribution < 1.29 is 22.3 Å². The van der Waals surface area contributed by atoms with Crippen LogP contribution in [0.25, 0.3) is 0 Å². The van der Waals surface area contributed by atoms with Crippen LogP contribution in [0.2, 0.25) is 0 Å². The molecule has 0 saturated heterocycles. The van der Waals surface area contributed by atoms with Gasteiger partial charge in [-0.15, -0.1) is 0 Å². The number of hydrogen-bond donors (Lipinski definition) is 1. The summed E-state index contributed by atoms with van der Waals surface area (Å²) >= 11 is 0. The van der Waals surface area contributed by atoms with Gasteiger partial charge in [0.25, 0.3) is 0 Å². The number of nitrogens with one attached hydrogen (secondary N) is 1. The minimum atomic E-state index is -4.71. The minimum Gasteiger partial charge on any atom is -0.383 e. The molecule has 1 unspecified atom stereocenters. The van der Waals surface area contributed by atoms with E-state index in [1.165, 1.54) is 7.11 Å². The summed E-state index contributed by atoms with van der Waals surface area (Å²) in [4.78, 5) is 0. The Morgan fingerprint density at radius 3 is 2.63 bits per heavy atom. The quantitative estimate of drug-likeness (QED) is 0.664. The number of benzene rings is 1. The van der Waals surface area contributed by atoms with Crippen LogP contribution < -0.4 is 5.32 Å². The molecule has 0 radical (unpaired) electrons. The summed E-state index contributed by atoms with van der Waals surface area (Å²) < 4.78 is 56.0. The van der Waals surface area contributed by atoms with Gasteiger partial charge >= 0.3 is 6.18 Å². The fourth-order valence-corrected chi connectivity index (χ4v) is 1.56. The molecule has 0 aliphatic heterocycles. The molecule has 0 amide bonds. The van der Waals surface area contributed by atoms with E-state index in [4.69, 9.17) is 10.00 Å². The third-order valence-electron chi connectivity index (χ3n) is 2.42. The summed E-state index contributed by atoms with van der Waals surface area (Å²) in [6.45, 7) is 0.462.